The van der Waals surface area contributed by atoms with Crippen LogP contribution < -0.4 is 10.2 Å². The molecule has 0 spiro atoms. The third-order valence-electron chi connectivity index (χ3n) is 2.92. The van der Waals surface area contributed by atoms with Crippen LogP contribution in [0, 0.1) is 6.92 Å². The zero-order valence-electron chi connectivity index (χ0n) is 11.6. The van der Waals surface area contributed by atoms with E-state index >= 15 is 0 Å². The number of pyridine rings is 1. The Morgan fingerprint density at radius 3 is 2.70 bits per heavy atom. The third-order valence-corrected chi connectivity index (χ3v) is 3.88. The minimum atomic E-state index is 0.818. The molecule has 20 heavy (non-hydrogen) atoms. The average Bonchev–Trinajstić information content (AvgIpc) is 2.81. The maximum absolute atomic E-state index is 4.38. The number of nitrogens with zero attached hydrogens (tertiary/aromatic N) is 4. The minimum Gasteiger partial charge on any atom is -0.363 e. The van der Waals surface area contributed by atoms with Crippen molar-refractivity contribution >= 4 is 38.9 Å². The summed E-state index contributed by atoms with van der Waals surface area (Å²) in [6.45, 7) is 2.07. The second kappa shape index (κ2) is 5.05. The second-order valence-corrected chi connectivity index (χ2v) is 5.96. The van der Waals surface area contributed by atoms with Gasteiger partial charge >= 0.3 is 0 Å². The van der Waals surface area contributed by atoms with Crippen molar-refractivity contribution in [2.75, 3.05) is 24.3 Å². The molecule has 102 valence electrons. The Bertz CT molecular complexity index is 733. The van der Waals surface area contributed by atoms with Gasteiger partial charge in [0.25, 0.3) is 0 Å². The van der Waals surface area contributed by atoms with Gasteiger partial charge in [0, 0.05) is 19.0 Å². The Balaban J connectivity index is 1.92. The first kappa shape index (κ1) is 12.8. The lowest BCUT2D eigenvalue weighted by molar-refractivity contribution is 1.07. The van der Waals surface area contributed by atoms with E-state index in [1.807, 2.05) is 37.3 Å². The Morgan fingerprint density at radius 2 is 2.00 bits per heavy atom. The van der Waals surface area contributed by atoms with Crippen LogP contribution >= 0.6 is 11.3 Å². The Labute approximate surface area is 121 Å². The molecule has 0 bridgehead atoms. The molecule has 3 rings (SSSR count). The van der Waals surface area contributed by atoms with Crippen LogP contribution in [0.1, 0.15) is 4.88 Å². The summed E-state index contributed by atoms with van der Waals surface area (Å²) >= 11 is 1.67. The number of fused-ring (bicyclic) bond motifs is 1. The highest BCUT2D eigenvalue weighted by Gasteiger charge is 2.07. The lowest BCUT2D eigenvalue weighted by Gasteiger charge is -2.12. The molecule has 3 aromatic rings. The first-order valence-corrected chi connectivity index (χ1v) is 7.06. The van der Waals surface area contributed by atoms with Crippen molar-refractivity contribution in [2.45, 2.75) is 6.92 Å². The summed E-state index contributed by atoms with van der Waals surface area (Å²) in [7, 11) is 3.94. The van der Waals surface area contributed by atoms with Gasteiger partial charge in [-0.1, -0.05) is 0 Å². The van der Waals surface area contributed by atoms with Crippen LogP contribution in [-0.2, 0) is 0 Å². The van der Waals surface area contributed by atoms with Gasteiger partial charge in [-0.2, -0.15) is 0 Å². The van der Waals surface area contributed by atoms with Crippen molar-refractivity contribution in [3.63, 3.8) is 0 Å². The molecule has 0 saturated heterocycles. The van der Waals surface area contributed by atoms with Crippen LogP contribution in [0.5, 0.6) is 0 Å². The molecule has 0 atom stereocenters. The lowest BCUT2D eigenvalue weighted by atomic mass is 10.3. The number of aromatic nitrogens is 3. The molecule has 0 aliphatic heterocycles. The van der Waals surface area contributed by atoms with E-state index in [0.717, 1.165) is 27.5 Å². The maximum Gasteiger partial charge on any atom is 0.142 e. The Hall–Kier alpha value is -2.21. The van der Waals surface area contributed by atoms with Crippen LogP contribution in [0.2, 0.25) is 0 Å². The summed E-state index contributed by atoms with van der Waals surface area (Å²) in [6, 6.07) is 6.07. The molecule has 5 nitrogen and oxygen atoms in total. The van der Waals surface area contributed by atoms with Crippen LogP contribution in [0.25, 0.3) is 10.2 Å². The molecule has 0 saturated carbocycles. The summed E-state index contributed by atoms with van der Waals surface area (Å²) in [6.07, 6.45) is 3.39. The summed E-state index contributed by atoms with van der Waals surface area (Å²) in [5.74, 6) is 1.74. The summed E-state index contributed by atoms with van der Waals surface area (Å²) in [5, 5.41) is 4.35. The predicted octanol–water partition coefficient (Wildman–Crippen LogP) is 3.20. The molecule has 0 unspecified atom stereocenters. The van der Waals surface area contributed by atoms with Gasteiger partial charge < -0.3 is 10.2 Å². The van der Waals surface area contributed by atoms with E-state index in [1.54, 1.807) is 17.7 Å². The van der Waals surface area contributed by atoms with Crippen molar-refractivity contribution in [3.8, 4) is 0 Å². The first-order chi connectivity index (χ1) is 9.63. The topological polar surface area (TPSA) is 53.9 Å². The van der Waals surface area contributed by atoms with Gasteiger partial charge in [0.15, 0.2) is 0 Å². The van der Waals surface area contributed by atoms with Crippen molar-refractivity contribution in [1.82, 2.24) is 15.0 Å². The van der Waals surface area contributed by atoms with Crippen molar-refractivity contribution in [2.24, 2.45) is 0 Å². The zero-order valence-corrected chi connectivity index (χ0v) is 12.4. The van der Waals surface area contributed by atoms with Gasteiger partial charge in [0.1, 0.15) is 22.8 Å². The molecule has 0 amide bonds. The lowest BCUT2D eigenvalue weighted by Crippen LogP contribution is -2.10. The molecule has 0 aromatic carbocycles. The van der Waals surface area contributed by atoms with E-state index in [0.29, 0.717) is 0 Å². The van der Waals surface area contributed by atoms with E-state index in [1.165, 1.54) is 4.88 Å². The fraction of sp³-hybridized carbons (Fsp3) is 0.214. The highest BCUT2D eigenvalue weighted by atomic mass is 32.1. The third kappa shape index (κ3) is 2.42. The average molecular weight is 285 g/mol. The maximum atomic E-state index is 4.38. The molecule has 3 heterocycles. The van der Waals surface area contributed by atoms with Crippen LogP contribution in [-0.4, -0.2) is 29.0 Å². The van der Waals surface area contributed by atoms with Crippen molar-refractivity contribution in [3.05, 3.63) is 35.6 Å². The molecule has 0 radical (unpaired) electrons. The number of nitrogens with one attached hydrogen (secondary N) is 1. The number of hydrogen-bond acceptors (Lipinski definition) is 6. The summed E-state index contributed by atoms with van der Waals surface area (Å²) in [4.78, 5) is 17.2. The standard InChI is InChI=1S/C14H15N5S/c1-9-6-11-13(16-8-17-14(11)20-9)18-10-4-5-12(15-7-10)19(2)3/h4-8H,1-3H3,(H,16,17,18). The molecule has 1 N–H and O–H groups in total. The number of thiophene rings is 1. The molecular formula is C14H15N5S. The van der Waals surface area contributed by atoms with Gasteiger partial charge in [-0.3, -0.25) is 0 Å². The monoisotopic (exact) mass is 285 g/mol. The van der Waals surface area contributed by atoms with Gasteiger partial charge in [0.05, 0.1) is 17.3 Å². The SMILES string of the molecule is Cc1cc2c(Nc3ccc(N(C)C)nc3)ncnc2s1. The number of aryl methyl sites for hydroxylation is 1. The minimum absolute atomic E-state index is 0.818. The van der Waals surface area contributed by atoms with Crippen LogP contribution in [0.4, 0.5) is 17.3 Å². The van der Waals surface area contributed by atoms with E-state index in [-0.39, 0.29) is 0 Å². The van der Waals surface area contributed by atoms with E-state index < -0.39 is 0 Å². The zero-order chi connectivity index (χ0) is 14.1. The molecule has 3 aromatic heterocycles. The number of anilines is 3. The highest BCUT2D eigenvalue weighted by Crippen LogP contribution is 2.29. The fourth-order valence-electron chi connectivity index (χ4n) is 1.94. The summed E-state index contributed by atoms with van der Waals surface area (Å²) < 4.78 is 0. The molecular weight excluding hydrogens is 270 g/mol. The molecule has 0 aliphatic rings. The number of hydrogen-bond donors (Lipinski definition) is 1. The summed E-state index contributed by atoms with van der Waals surface area (Å²) in [5.41, 5.74) is 0.916. The Morgan fingerprint density at radius 1 is 1.15 bits per heavy atom. The van der Waals surface area contributed by atoms with Gasteiger partial charge in [0.2, 0.25) is 0 Å². The van der Waals surface area contributed by atoms with E-state index in [9.17, 15) is 0 Å². The largest absolute Gasteiger partial charge is 0.363 e. The molecule has 6 heteroatoms. The van der Waals surface area contributed by atoms with Gasteiger partial charge in [-0.25, -0.2) is 15.0 Å². The number of rotatable bonds is 3. The van der Waals surface area contributed by atoms with E-state index in [2.05, 4.69) is 33.3 Å². The fourth-order valence-corrected chi connectivity index (χ4v) is 2.78. The predicted molar refractivity (Wildman–Crippen MR) is 84.0 cm³/mol. The van der Waals surface area contributed by atoms with Crippen molar-refractivity contribution in [1.29, 1.82) is 0 Å². The molecule has 0 fully saturated rings. The van der Waals surface area contributed by atoms with Gasteiger partial charge in [-0.05, 0) is 25.1 Å². The van der Waals surface area contributed by atoms with Crippen molar-refractivity contribution < 1.29 is 0 Å². The second-order valence-electron chi connectivity index (χ2n) is 4.72. The first-order valence-electron chi connectivity index (χ1n) is 6.25. The van der Waals surface area contributed by atoms with Crippen LogP contribution in [0.3, 0.4) is 0 Å². The normalized spacial score (nSPS) is 10.8. The molecule has 0 aliphatic carbocycles. The van der Waals surface area contributed by atoms with Gasteiger partial charge in [-0.15, -0.1) is 11.3 Å². The van der Waals surface area contributed by atoms with Crippen LogP contribution in [0.15, 0.2) is 30.7 Å². The van der Waals surface area contributed by atoms with E-state index in [4.69, 9.17) is 0 Å². The smallest absolute Gasteiger partial charge is 0.142 e. The highest BCUT2D eigenvalue weighted by molar-refractivity contribution is 7.18. The quantitative estimate of drug-likeness (QED) is 0.801. The Kier molecular flexibility index (Phi) is 3.23.